The van der Waals surface area contributed by atoms with E-state index in [1.54, 1.807) is 6.92 Å². The Balaban J connectivity index is 2.54. The average molecular weight is 276 g/mol. The Morgan fingerprint density at radius 3 is 2.94 bits per heavy atom. The van der Waals surface area contributed by atoms with Gasteiger partial charge in [-0.2, -0.15) is 0 Å². The fourth-order valence-corrected chi connectivity index (χ4v) is 2.67. The van der Waals surface area contributed by atoms with E-state index in [4.69, 9.17) is 13.3 Å². The molecule has 1 fully saturated rings. The van der Waals surface area contributed by atoms with Crippen LogP contribution in [-0.2, 0) is 13.3 Å². The standard InChI is InChI=1S/C10H22N3O4Si/c1-4-15-18-16-8(2)6-5-7-11-13-10(14)12-9(3)17-18/h8-9,11H,4-7H2,1-3H3,(H2,12,13,14). The lowest BCUT2D eigenvalue weighted by atomic mass is 10.2. The second kappa shape index (κ2) is 8.43. The molecular weight excluding hydrogens is 254 g/mol. The summed E-state index contributed by atoms with van der Waals surface area (Å²) in [6.45, 7) is 6.85. The van der Waals surface area contributed by atoms with E-state index in [-0.39, 0.29) is 12.1 Å². The number of nitrogens with one attached hydrogen (secondary N) is 3. The fourth-order valence-electron chi connectivity index (χ4n) is 1.45. The molecule has 1 aliphatic heterocycles. The highest BCUT2D eigenvalue weighted by Crippen LogP contribution is 2.06. The molecule has 1 rings (SSSR count). The molecule has 1 saturated heterocycles. The maximum Gasteiger partial charge on any atom is 0.579 e. The largest absolute Gasteiger partial charge is 0.579 e. The van der Waals surface area contributed by atoms with E-state index < -0.39 is 15.8 Å². The van der Waals surface area contributed by atoms with Crippen LogP contribution in [0.5, 0.6) is 0 Å². The second-order valence-electron chi connectivity index (χ2n) is 4.04. The molecule has 2 atom stereocenters. The number of hydrogen-bond acceptors (Lipinski definition) is 5. The van der Waals surface area contributed by atoms with E-state index in [0.29, 0.717) is 13.2 Å². The van der Waals surface area contributed by atoms with Crippen molar-refractivity contribution in [1.82, 2.24) is 16.2 Å². The van der Waals surface area contributed by atoms with Crippen molar-refractivity contribution in [2.24, 2.45) is 0 Å². The number of urea groups is 1. The summed E-state index contributed by atoms with van der Waals surface area (Å²) < 4.78 is 16.7. The molecule has 0 bridgehead atoms. The average Bonchev–Trinajstić information content (AvgIpc) is 2.27. The van der Waals surface area contributed by atoms with Crippen LogP contribution in [-0.4, -0.2) is 41.0 Å². The molecule has 3 N–H and O–H groups in total. The van der Waals surface area contributed by atoms with E-state index in [1.807, 2.05) is 13.8 Å². The molecule has 0 spiro atoms. The highest BCUT2D eigenvalue weighted by molar-refractivity contribution is 6.36. The normalized spacial score (nSPS) is 28.7. The first-order chi connectivity index (χ1) is 8.61. The third-order valence-electron chi connectivity index (χ3n) is 2.28. The Labute approximate surface area is 109 Å². The summed E-state index contributed by atoms with van der Waals surface area (Å²) in [5.74, 6) is 0. The number of amides is 2. The summed E-state index contributed by atoms with van der Waals surface area (Å²) in [6.07, 6.45) is 1.40. The van der Waals surface area contributed by atoms with Gasteiger partial charge in [-0.3, -0.25) is 5.43 Å². The zero-order valence-electron chi connectivity index (χ0n) is 11.1. The van der Waals surface area contributed by atoms with Crippen molar-refractivity contribution in [3.8, 4) is 0 Å². The minimum atomic E-state index is -1.81. The molecule has 8 heteroatoms. The second-order valence-corrected chi connectivity index (χ2v) is 5.30. The molecule has 105 valence electrons. The Hall–Kier alpha value is -0.673. The zero-order chi connectivity index (χ0) is 13.4. The SMILES string of the molecule is CCO[Si]1OC(C)CCCNNC(=O)NC(C)O1. The lowest BCUT2D eigenvalue weighted by molar-refractivity contribution is 0.0324. The molecule has 2 amide bonds. The molecule has 1 radical (unpaired) electrons. The van der Waals surface area contributed by atoms with E-state index >= 15 is 0 Å². The van der Waals surface area contributed by atoms with E-state index in [0.717, 1.165) is 12.8 Å². The van der Waals surface area contributed by atoms with Crippen LogP contribution < -0.4 is 16.2 Å². The third kappa shape index (κ3) is 6.31. The fraction of sp³-hybridized carbons (Fsp3) is 0.900. The van der Waals surface area contributed by atoms with Crippen LogP contribution in [0.25, 0.3) is 0 Å². The third-order valence-corrected chi connectivity index (χ3v) is 3.95. The van der Waals surface area contributed by atoms with Crippen LogP contribution in [0.3, 0.4) is 0 Å². The summed E-state index contributed by atoms with van der Waals surface area (Å²) in [5.41, 5.74) is 5.38. The molecule has 0 aromatic heterocycles. The Morgan fingerprint density at radius 1 is 1.44 bits per heavy atom. The number of carbonyl (C=O) groups is 1. The molecule has 0 aromatic rings. The summed E-state index contributed by atoms with van der Waals surface area (Å²) in [7, 11) is -1.81. The zero-order valence-corrected chi connectivity index (χ0v) is 12.1. The van der Waals surface area contributed by atoms with Crippen molar-refractivity contribution >= 4 is 15.6 Å². The predicted molar refractivity (Wildman–Crippen MR) is 67.4 cm³/mol. The first kappa shape index (κ1) is 15.4. The van der Waals surface area contributed by atoms with Gasteiger partial charge in [-0.25, -0.2) is 10.2 Å². The Morgan fingerprint density at radius 2 is 2.22 bits per heavy atom. The highest BCUT2D eigenvalue weighted by Gasteiger charge is 2.25. The van der Waals surface area contributed by atoms with Crippen LogP contribution in [0.2, 0.25) is 0 Å². The first-order valence-corrected chi connectivity index (χ1v) is 7.46. The van der Waals surface area contributed by atoms with E-state index in [2.05, 4.69) is 16.2 Å². The van der Waals surface area contributed by atoms with Crippen LogP contribution in [0.15, 0.2) is 0 Å². The monoisotopic (exact) mass is 276 g/mol. The molecule has 18 heavy (non-hydrogen) atoms. The Bertz CT molecular complexity index is 257. The van der Waals surface area contributed by atoms with Gasteiger partial charge >= 0.3 is 15.6 Å². The predicted octanol–water partition coefficient (Wildman–Crippen LogP) is 0.373. The van der Waals surface area contributed by atoms with Gasteiger partial charge in [-0.15, -0.1) is 0 Å². The van der Waals surface area contributed by atoms with Gasteiger partial charge in [0.1, 0.15) is 6.23 Å². The van der Waals surface area contributed by atoms with Crippen LogP contribution >= 0.6 is 0 Å². The molecule has 0 saturated carbocycles. The lowest BCUT2D eigenvalue weighted by Gasteiger charge is -2.24. The van der Waals surface area contributed by atoms with E-state index in [9.17, 15) is 4.79 Å². The van der Waals surface area contributed by atoms with Crippen molar-refractivity contribution in [3.63, 3.8) is 0 Å². The number of hydrogen-bond donors (Lipinski definition) is 3. The van der Waals surface area contributed by atoms with Gasteiger partial charge in [0.05, 0.1) is 0 Å². The van der Waals surface area contributed by atoms with Crippen LogP contribution in [0, 0.1) is 0 Å². The highest BCUT2D eigenvalue weighted by atomic mass is 28.3. The van der Waals surface area contributed by atoms with Gasteiger partial charge in [-0.05, 0) is 33.6 Å². The maximum atomic E-state index is 11.4. The molecule has 7 nitrogen and oxygen atoms in total. The molecule has 0 aliphatic carbocycles. The van der Waals surface area contributed by atoms with Gasteiger partial charge in [0.25, 0.3) is 0 Å². The summed E-state index contributed by atoms with van der Waals surface area (Å²) in [5, 5.41) is 2.63. The van der Waals surface area contributed by atoms with Crippen LogP contribution in [0.1, 0.15) is 33.6 Å². The van der Waals surface area contributed by atoms with Crippen molar-refractivity contribution in [3.05, 3.63) is 0 Å². The van der Waals surface area contributed by atoms with E-state index in [1.165, 1.54) is 0 Å². The summed E-state index contributed by atoms with van der Waals surface area (Å²) in [6, 6.07) is -0.325. The maximum absolute atomic E-state index is 11.4. The van der Waals surface area contributed by atoms with Gasteiger partial charge in [0, 0.05) is 19.3 Å². The number of carbonyl (C=O) groups excluding carboxylic acids is 1. The topological polar surface area (TPSA) is 80.9 Å². The quantitative estimate of drug-likeness (QED) is 0.635. The minimum absolute atomic E-state index is 0.0783. The van der Waals surface area contributed by atoms with Crippen LogP contribution in [0.4, 0.5) is 4.79 Å². The molecule has 0 aromatic carbocycles. The van der Waals surface area contributed by atoms with Gasteiger partial charge in [0.15, 0.2) is 0 Å². The molecule has 1 aliphatic rings. The molecule has 1 heterocycles. The van der Waals surface area contributed by atoms with Crippen molar-refractivity contribution < 1.29 is 18.1 Å². The first-order valence-electron chi connectivity index (χ1n) is 6.24. The van der Waals surface area contributed by atoms with Gasteiger partial charge < -0.3 is 18.6 Å². The van der Waals surface area contributed by atoms with Gasteiger partial charge in [0.2, 0.25) is 0 Å². The lowest BCUT2D eigenvalue weighted by Crippen LogP contribution is -2.50. The van der Waals surface area contributed by atoms with Crippen molar-refractivity contribution in [2.45, 2.75) is 45.9 Å². The number of rotatable bonds is 2. The van der Waals surface area contributed by atoms with Crippen molar-refractivity contribution in [2.75, 3.05) is 13.2 Å². The summed E-state index contributed by atoms with van der Waals surface area (Å²) >= 11 is 0. The number of hydrazine groups is 1. The molecular formula is C10H22N3O4Si. The van der Waals surface area contributed by atoms with Crippen molar-refractivity contribution in [1.29, 1.82) is 0 Å². The molecule has 2 unspecified atom stereocenters. The van der Waals surface area contributed by atoms with Gasteiger partial charge in [-0.1, -0.05) is 0 Å². The summed E-state index contributed by atoms with van der Waals surface area (Å²) in [4.78, 5) is 11.4. The Kier molecular flexibility index (Phi) is 7.21. The minimum Gasteiger partial charge on any atom is -0.371 e. The smallest absolute Gasteiger partial charge is 0.371 e.